The Morgan fingerprint density at radius 2 is 2.10 bits per heavy atom. The van der Waals surface area contributed by atoms with Gasteiger partial charge in [0.25, 0.3) is 0 Å². The summed E-state index contributed by atoms with van der Waals surface area (Å²) in [6, 6.07) is 8.06. The van der Waals surface area contributed by atoms with Gasteiger partial charge in [-0.2, -0.15) is 0 Å². The Hall–Kier alpha value is -0.860. The molecule has 1 heterocycles. The molecule has 0 saturated carbocycles. The lowest BCUT2D eigenvalue weighted by Gasteiger charge is -2.36. The van der Waals surface area contributed by atoms with Gasteiger partial charge in [0.05, 0.1) is 0 Å². The van der Waals surface area contributed by atoms with Crippen LogP contribution in [0.5, 0.6) is 0 Å². The molecular formula is C19H32N2. The highest BCUT2D eigenvalue weighted by Crippen LogP contribution is 2.24. The average Bonchev–Trinajstić information content (AvgIpc) is 2.48. The van der Waals surface area contributed by atoms with Gasteiger partial charge < -0.3 is 5.32 Å². The van der Waals surface area contributed by atoms with Crippen molar-refractivity contribution in [2.24, 2.45) is 0 Å². The van der Waals surface area contributed by atoms with Crippen LogP contribution in [0.25, 0.3) is 0 Å². The van der Waals surface area contributed by atoms with Crippen LogP contribution in [0.15, 0.2) is 18.2 Å². The lowest BCUT2D eigenvalue weighted by Crippen LogP contribution is -2.43. The predicted molar refractivity (Wildman–Crippen MR) is 91.8 cm³/mol. The summed E-state index contributed by atoms with van der Waals surface area (Å²) in [5.74, 6) is 0. The molecule has 1 aliphatic rings. The Morgan fingerprint density at radius 3 is 2.81 bits per heavy atom. The Morgan fingerprint density at radius 1 is 1.29 bits per heavy atom. The van der Waals surface area contributed by atoms with Crippen molar-refractivity contribution >= 4 is 0 Å². The summed E-state index contributed by atoms with van der Waals surface area (Å²) in [6.07, 6.45) is 5.30. The molecular weight excluding hydrogens is 256 g/mol. The molecule has 2 rings (SSSR count). The zero-order valence-corrected chi connectivity index (χ0v) is 14.3. The van der Waals surface area contributed by atoms with E-state index in [0.29, 0.717) is 6.04 Å². The molecule has 1 fully saturated rings. The molecule has 1 aromatic carbocycles. The van der Waals surface area contributed by atoms with Crippen molar-refractivity contribution in [3.05, 3.63) is 34.9 Å². The van der Waals surface area contributed by atoms with Crippen LogP contribution in [0.3, 0.4) is 0 Å². The Labute approximate surface area is 130 Å². The molecule has 118 valence electrons. The second kappa shape index (κ2) is 7.95. The molecule has 0 aliphatic carbocycles. The zero-order valence-electron chi connectivity index (χ0n) is 14.3. The van der Waals surface area contributed by atoms with Gasteiger partial charge in [0, 0.05) is 18.6 Å². The van der Waals surface area contributed by atoms with Crippen molar-refractivity contribution < 1.29 is 0 Å². The van der Waals surface area contributed by atoms with Crippen LogP contribution < -0.4 is 5.32 Å². The highest BCUT2D eigenvalue weighted by Gasteiger charge is 2.23. The molecule has 2 nitrogen and oxygen atoms in total. The monoisotopic (exact) mass is 288 g/mol. The Bertz CT molecular complexity index is 441. The van der Waals surface area contributed by atoms with Crippen molar-refractivity contribution in [1.82, 2.24) is 10.2 Å². The molecule has 21 heavy (non-hydrogen) atoms. The van der Waals surface area contributed by atoms with Crippen LogP contribution in [0.2, 0.25) is 0 Å². The summed E-state index contributed by atoms with van der Waals surface area (Å²) in [4.78, 5) is 2.68. The van der Waals surface area contributed by atoms with Crippen molar-refractivity contribution in [1.29, 1.82) is 0 Å². The minimum absolute atomic E-state index is 0.463. The molecule has 0 spiro atoms. The number of hydrogen-bond acceptors (Lipinski definition) is 2. The number of hydrogen-bond donors (Lipinski definition) is 1. The van der Waals surface area contributed by atoms with Gasteiger partial charge in [-0.15, -0.1) is 0 Å². The molecule has 2 atom stereocenters. The first-order valence-corrected chi connectivity index (χ1v) is 8.66. The number of piperidine rings is 1. The van der Waals surface area contributed by atoms with Crippen molar-refractivity contribution in [3.63, 3.8) is 0 Å². The highest BCUT2D eigenvalue weighted by atomic mass is 15.2. The van der Waals surface area contributed by atoms with Crippen LogP contribution in [-0.2, 0) is 0 Å². The number of benzene rings is 1. The summed E-state index contributed by atoms with van der Waals surface area (Å²) in [7, 11) is 0. The quantitative estimate of drug-likeness (QED) is 0.843. The largest absolute Gasteiger partial charge is 0.309 e. The molecule has 2 unspecified atom stereocenters. The van der Waals surface area contributed by atoms with E-state index in [1.54, 1.807) is 0 Å². The van der Waals surface area contributed by atoms with E-state index in [1.807, 2.05) is 0 Å². The predicted octanol–water partition coefficient (Wildman–Crippen LogP) is 4.22. The van der Waals surface area contributed by atoms with Gasteiger partial charge in [0.2, 0.25) is 0 Å². The molecule has 0 amide bonds. The summed E-state index contributed by atoms with van der Waals surface area (Å²) < 4.78 is 0. The maximum Gasteiger partial charge on any atom is 0.0452 e. The molecule has 1 N–H and O–H groups in total. The van der Waals surface area contributed by atoms with Gasteiger partial charge in [-0.25, -0.2) is 0 Å². The zero-order chi connectivity index (χ0) is 15.2. The van der Waals surface area contributed by atoms with Crippen molar-refractivity contribution in [2.45, 2.75) is 65.5 Å². The third kappa shape index (κ3) is 4.55. The Kier molecular flexibility index (Phi) is 6.25. The van der Waals surface area contributed by atoms with E-state index in [2.05, 4.69) is 56.1 Å². The second-order valence-corrected chi connectivity index (χ2v) is 6.71. The lowest BCUT2D eigenvalue weighted by molar-refractivity contribution is 0.144. The van der Waals surface area contributed by atoms with Crippen LogP contribution in [-0.4, -0.2) is 30.6 Å². The second-order valence-electron chi connectivity index (χ2n) is 6.71. The third-order valence-corrected chi connectivity index (χ3v) is 4.81. The normalized spacial score (nSPS) is 21.4. The fraction of sp³-hybridized carbons (Fsp3) is 0.684. The maximum absolute atomic E-state index is 3.78. The van der Waals surface area contributed by atoms with Crippen LogP contribution in [0, 0.1) is 13.8 Å². The molecule has 1 saturated heterocycles. The van der Waals surface area contributed by atoms with E-state index in [9.17, 15) is 0 Å². The van der Waals surface area contributed by atoms with Crippen molar-refractivity contribution in [3.8, 4) is 0 Å². The minimum atomic E-state index is 0.463. The number of rotatable bonds is 6. The van der Waals surface area contributed by atoms with Crippen LogP contribution in [0.4, 0.5) is 0 Å². The molecule has 0 radical (unpaired) electrons. The summed E-state index contributed by atoms with van der Waals surface area (Å²) >= 11 is 0. The molecule has 0 aromatic heterocycles. The van der Waals surface area contributed by atoms with Crippen LogP contribution >= 0.6 is 0 Å². The molecule has 1 aromatic rings. The first kappa shape index (κ1) is 16.5. The van der Waals surface area contributed by atoms with Crippen LogP contribution in [0.1, 0.15) is 62.3 Å². The first-order chi connectivity index (χ1) is 10.1. The summed E-state index contributed by atoms with van der Waals surface area (Å²) in [5.41, 5.74) is 4.27. The third-order valence-electron chi connectivity index (χ3n) is 4.81. The first-order valence-electron chi connectivity index (χ1n) is 8.66. The number of nitrogens with zero attached hydrogens (tertiary/aromatic N) is 1. The van der Waals surface area contributed by atoms with Gasteiger partial charge in [0.1, 0.15) is 0 Å². The van der Waals surface area contributed by atoms with Gasteiger partial charge in [-0.1, -0.05) is 37.1 Å². The highest BCUT2D eigenvalue weighted by molar-refractivity contribution is 5.33. The maximum atomic E-state index is 3.78. The van der Waals surface area contributed by atoms with Crippen molar-refractivity contribution in [2.75, 3.05) is 19.6 Å². The topological polar surface area (TPSA) is 15.3 Å². The molecule has 1 aliphatic heterocycles. The smallest absolute Gasteiger partial charge is 0.0452 e. The van der Waals surface area contributed by atoms with E-state index >= 15 is 0 Å². The van der Waals surface area contributed by atoms with Gasteiger partial charge in [0.15, 0.2) is 0 Å². The van der Waals surface area contributed by atoms with E-state index in [4.69, 9.17) is 0 Å². The van der Waals surface area contributed by atoms with E-state index in [0.717, 1.165) is 19.1 Å². The van der Waals surface area contributed by atoms with E-state index < -0.39 is 0 Å². The Balaban J connectivity index is 2.15. The SMILES string of the molecule is CCCNC(CN1CCCCC1C)c1cc(C)ccc1C. The fourth-order valence-electron chi connectivity index (χ4n) is 3.39. The van der Waals surface area contributed by atoms with E-state index in [-0.39, 0.29) is 0 Å². The molecule has 2 heteroatoms. The minimum Gasteiger partial charge on any atom is -0.309 e. The number of aryl methyl sites for hydroxylation is 2. The number of likely N-dealkylation sites (tertiary alicyclic amines) is 1. The van der Waals surface area contributed by atoms with E-state index in [1.165, 1.54) is 48.9 Å². The number of nitrogens with one attached hydrogen (secondary N) is 1. The summed E-state index contributed by atoms with van der Waals surface area (Å²) in [6.45, 7) is 12.6. The standard InChI is InChI=1S/C19H32N2/c1-5-11-20-19(14-21-12-7-6-8-17(21)4)18-13-15(2)9-10-16(18)3/h9-10,13,17,19-20H,5-8,11-12,14H2,1-4H3. The van der Waals surface area contributed by atoms with Gasteiger partial charge in [-0.3, -0.25) is 4.90 Å². The fourth-order valence-corrected chi connectivity index (χ4v) is 3.39. The van der Waals surface area contributed by atoms with Gasteiger partial charge in [-0.05, 0) is 64.3 Å². The average molecular weight is 288 g/mol. The lowest BCUT2D eigenvalue weighted by atomic mass is 9.96. The van der Waals surface area contributed by atoms with Gasteiger partial charge >= 0.3 is 0 Å². The molecule has 0 bridgehead atoms. The summed E-state index contributed by atoms with van der Waals surface area (Å²) in [5, 5.41) is 3.78.